The molecule has 0 spiro atoms. The van der Waals surface area contributed by atoms with Crippen molar-refractivity contribution in [1.29, 1.82) is 0 Å². The maximum atomic E-state index is 6.28. The van der Waals surface area contributed by atoms with E-state index in [4.69, 9.17) is 10.7 Å². The first-order valence-corrected chi connectivity index (χ1v) is 9.55. The van der Waals surface area contributed by atoms with E-state index in [1.165, 1.54) is 56.5 Å². The molecule has 22 heavy (non-hydrogen) atoms. The first kappa shape index (κ1) is 15.8. The van der Waals surface area contributed by atoms with Gasteiger partial charge in [-0.15, -0.1) is 11.3 Å². The third-order valence-corrected chi connectivity index (χ3v) is 5.78. The summed E-state index contributed by atoms with van der Waals surface area (Å²) < 4.78 is 0. The number of rotatable bonds is 4. The van der Waals surface area contributed by atoms with E-state index in [1.807, 2.05) is 11.3 Å². The van der Waals surface area contributed by atoms with Crippen LogP contribution in [0.2, 0.25) is 0 Å². The quantitative estimate of drug-likeness (QED) is 0.685. The van der Waals surface area contributed by atoms with Crippen LogP contribution in [-0.2, 0) is 0 Å². The average molecular weight is 321 g/mol. The topological polar surface area (TPSA) is 44.9 Å². The van der Waals surface area contributed by atoms with E-state index >= 15 is 0 Å². The Hall–Kier alpha value is -1.07. The predicted octanol–water partition coefficient (Wildman–Crippen LogP) is 3.08. The summed E-state index contributed by atoms with van der Waals surface area (Å²) in [6.07, 6.45) is 7.78. The van der Waals surface area contributed by atoms with Crippen LogP contribution in [0.4, 0.5) is 0 Å². The summed E-state index contributed by atoms with van der Waals surface area (Å²) in [5.74, 6) is 0.752. The van der Waals surface area contributed by atoms with Gasteiger partial charge in [0.2, 0.25) is 0 Å². The second-order valence-electron chi connectivity index (χ2n) is 6.37. The zero-order valence-electron chi connectivity index (χ0n) is 13.4. The summed E-state index contributed by atoms with van der Waals surface area (Å²) in [5, 5.41) is 2.17. The fourth-order valence-corrected chi connectivity index (χ4v) is 4.35. The molecule has 0 aromatic carbocycles. The summed E-state index contributed by atoms with van der Waals surface area (Å²) in [5.41, 5.74) is 6.28. The van der Waals surface area contributed by atoms with Crippen LogP contribution in [0.1, 0.15) is 49.4 Å². The molecular weight excluding hydrogens is 292 g/mol. The number of thiophene rings is 1. The van der Waals surface area contributed by atoms with Crippen molar-refractivity contribution in [3.05, 3.63) is 22.4 Å². The molecule has 2 aliphatic rings. The molecule has 1 atom stereocenters. The molecule has 0 bridgehead atoms. The van der Waals surface area contributed by atoms with E-state index in [9.17, 15) is 0 Å². The van der Waals surface area contributed by atoms with Crippen LogP contribution < -0.4 is 5.73 Å². The van der Waals surface area contributed by atoms with Crippen LogP contribution >= 0.6 is 11.3 Å². The normalized spacial score (nSPS) is 22.7. The Kier molecular flexibility index (Phi) is 5.73. The van der Waals surface area contributed by atoms with Gasteiger partial charge in [0, 0.05) is 18.0 Å². The number of guanidine groups is 1. The van der Waals surface area contributed by atoms with Crippen LogP contribution in [0.5, 0.6) is 0 Å². The smallest absolute Gasteiger partial charge is 0.191 e. The van der Waals surface area contributed by atoms with E-state index in [0.29, 0.717) is 6.04 Å². The van der Waals surface area contributed by atoms with Crippen LogP contribution in [0.3, 0.4) is 0 Å². The summed E-state index contributed by atoms with van der Waals surface area (Å²) in [7, 11) is 0. The SMILES string of the molecule is NC(=NCC(c1cccs1)N1CCCC1)N1CCCCCC1. The molecule has 1 aromatic rings. The van der Waals surface area contributed by atoms with Gasteiger partial charge >= 0.3 is 0 Å². The van der Waals surface area contributed by atoms with Crippen LogP contribution in [0.25, 0.3) is 0 Å². The molecule has 4 nitrogen and oxygen atoms in total. The number of hydrogen-bond donors (Lipinski definition) is 1. The molecule has 122 valence electrons. The van der Waals surface area contributed by atoms with Gasteiger partial charge in [0.25, 0.3) is 0 Å². The van der Waals surface area contributed by atoms with Gasteiger partial charge in [-0.1, -0.05) is 18.9 Å². The lowest BCUT2D eigenvalue weighted by molar-refractivity contribution is 0.254. The first-order chi connectivity index (χ1) is 10.8. The van der Waals surface area contributed by atoms with Gasteiger partial charge in [-0.2, -0.15) is 0 Å². The van der Waals surface area contributed by atoms with E-state index in [-0.39, 0.29) is 0 Å². The minimum Gasteiger partial charge on any atom is -0.370 e. The number of likely N-dealkylation sites (tertiary alicyclic amines) is 2. The zero-order valence-corrected chi connectivity index (χ0v) is 14.2. The lowest BCUT2D eigenvalue weighted by atomic mass is 10.2. The summed E-state index contributed by atoms with van der Waals surface area (Å²) in [4.78, 5) is 11.1. The Morgan fingerprint density at radius 2 is 1.77 bits per heavy atom. The Balaban J connectivity index is 1.65. The molecule has 5 heteroatoms. The molecule has 3 rings (SSSR count). The average Bonchev–Trinajstić information content (AvgIpc) is 3.18. The molecule has 3 heterocycles. The minimum absolute atomic E-state index is 0.410. The van der Waals surface area contributed by atoms with Gasteiger partial charge in [-0.3, -0.25) is 9.89 Å². The van der Waals surface area contributed by atoms with Gasteiger partial charge in [0.05, 0.1) is 12.6 Å². The van der Waals surface area contributed by atoms with Gasteiger partial charge in [0.15, 0.2) is 5.96 Å². The fourth-order valence-electron chi connectivity index (χ4n) is 3.50. The summed E-state index contributed by atoms with van der Waals surface area (Å²) in [6, 6.07) is 4.80. The Labute approximate surface area is 138 Å². The lowest BCUT2D eigenvalue weighted by Gasteiger charge is -2.26. The van der Waals surface area contributed by atoms with Gasteiger partial charge in [-0.25, -0.2) is 0 Å². The maximum absolute atomic E-state index is 6.28. The van der Waals surface area contributed by atoms with Crippen LogP contribution in [0, 0.1) is 0 Å². The van der Waals surface area contributed by atoms with Crippen molar-refractivity contribution in [2.24, 2.45) is 10.7 Å². The monoisotopic (exact) mass is 320 g/mol. The third-order valence-electron chi connectivity index (χ3n) is 4.81. The van der Waals surface area contributed by atoms with E-state index in [0.717, 1.165) is 25.6 Å². The third kappa shape index (κ3) is 4.02. The highest BCUT2D eigenvalue weighted by molar-refractivity contribution is 7.10. The molecule has 2 saturated heterocycles. The molecule has 2 N–H and O–H groups in total. The van der Waals surface area contributed by atoms with Gasteiger partial charge in [-0.05, 0) is 50.2 Å². The lowest BCUT2D eigenvalue weighted by Crippen LogP contribution is -2.39. The van der Waals surface area contributed by atoms with Crippen molar-refractivity contribution >= 4 is 17.3 Å². The number of nitrogens with zero attached hydrogens (tertiary/aromatic N) is 3. The summed E-state index contributed by atoms with van der Waals surface area (Å²) >= 11 is 1.84. The fraction of sp³-hybridized carbons (Fsp3) is 0.706. The maximum Gasteiger partial charge on any atom is 0.191 e. The molecule has 0 radical (unpaired) electrons. The number of nitrogens with two attached hydrogens (primary N) is 1. The van der Waals surface area contributed by atoms with Crippen molar-refractivity contribution in [3.8, 4) is 0 Å². The number of aliphatic imine (C=N–C) groups is 1. The molecule has 2 fully saturated rings. The molecule has 0 amide bonds. The second kappa shape index (κ2) is 7.97. The molecular formula is C17H28N4S. The van der Waals surface area contributed by atoms with E-state index < -0.39 is 0 Å². The molecule has 2 aliphatic heterocycles. The standard InChI is InChI=1S/C17H28N4S/c18-17(21-11-3-1-2-4-12-21)19-14-15(16-8-7-13-22-16)20-9-5-6-10-20/h7-8,13,15H,1-6,9-12,14H2,(H2,18,19). The predicted molar refractivity (Wildman–Crippen MR) is 94.4 cm³/mol. The minimum atomic E-state index is 0.410. The highest BCUT2D eigenvalue weighted by Gasteiger charge is 2.24. The number of hydrogen-bond acceptors (Lipinski definition) is 3. The highest BCUT2D eigenvalue weighted by Crippen LogP contribution is 2.28. The van der Waals surface area contributed by atoms with E-state index in [1.54, 1.807) is 0 Å². The Bertz CT molecular complexity index is 457. The first-order valence-electron chi connectivity index (χ1n) is 8.67. The van der Waals surface area contributed by atoms with Crippen LogP contribution in [0.15, 0.2) is 22.5 Å². The second-order valence-corrected chi connectivity index (χ2v) is 7.35. The van der Waals surface area contributed by atoms with Gasteiger partial charge in [0.1, 0.15) is 0 Å². The van der Waals surface area contributed by atoms with Crippen molar-refractivity contribution in [1.82, 2.24) is 9.80 Å². The molecule has 0 saturated carbocycles. The summed E-state index contributed by atoms with van der Waals surface area (Å²) in [6.45, 7) is 5.33. The molecule has 1 unspecified atom stereocenters. The Morgan fingerprint density at radius 1 is 1.09 bits per heavy atom. The van der Waals surface area contributed by atoms with Crippen molar-refractivity contribution in [2.45, 2.75) is 44.6 Å². The largest absolute Gasteiger partial charge is 0.370 e. The molecule has 1 aromatic heterocycles. The van der Waals surface area contributed by atoms with Crippen molar-refractivity contribution in [2.75, 3.05) is 32.7 Å². The molecule has 0 aliphatic carbocycles. The van der Waals surface area contributed by atoms with Crippen LogP contribution in [-0.4, -0.2) is 48.5 Å². The zero-order chi connectivity index (χ0) is 15.2. The van der Waals surface area contributed by atoms with Crippen molar-refractivity contribution < 1.29 is 0 Å². The Morgan fingerprint density at radius 3 is 2.41 bits per heavy atom. The highest BCUT2D eigenvalue weighted by atomic mass is 32.1. The van der Waals surface area contributed by atoms with E-state index in [2.05, 4.69) is 27.3 Å². The van der Waals surface area contributed by atoms with Gasteiger partial charge < -0.3 is 10.6 Å². The van der Waals surface area contributed by atoms with Crippen molar-refractivity contribution in [3.63, 3.8) is 0 Å².